The van der Waals surface area contributed by atoms with Crippen molar-refractivity contribution >= 4 is 10.1 Å². The highest BCUT2D eigenvalue weighted by molar-refractivity contribution is 7.85. The van der Waals surface area contributed by atoms with Crippen LogP contribution in [0.3, 0.4) is 0 Å². The van der Waals surface area contributed by atoms with E-state index in [2.05, 4.69) is 0 Å². The molecule has 0 amide bonds. The lowest BCUT2D eigenvalue weighted by Crippen LogP contribution is -2.10. The predicted octanol–water partition coefficient (Wildman–Crippen LogP) is 1.24. The van der Waals surface area contributed by atoms with E-state index in [1.807, 2.05) is 6.92 Å². The smallest absolute Gasteiger partial charge is 0.264 e. The van der Waals surface area contributed by atoms with Crippen LogP contribution < -0.4 is 0 Å². The van der Waals surface area contributed by atoms with Gasteiger partial charge in [-0.2, -0.15) is 8.42 Å². The molecule has 1 unspecified atom stereocenters. The third-order valence-electron chi connectivity index (χ3n) is 1.38. The molecule has 5 heteroatoms. The zero-order valence-electron chi connectivity index (χ0n) is 7.36. The second kappa shape index (κ2) is 5.50. The SMILES string of the molecule is C[CH]OC(C)CCCS(=O)(=O)O. The van der Waals surface area contributed by atoms with Crippen LogP contribution in [0.4, 0.5) is 0 Å². The zero-order chi connectivity index (χ0) is 9.61. The summed E-state index contributed by atoms with van der Waals surface area (Å²) in [6.45, 7) is 5.18. The molecular weight excluding hydrogens is 180 g/mol. The number of hydrogen-bond donors (Lipinski definition) is 1. The molecule has 0 aliphatic heterocycles. The molecule has 4 nitrogen and oxygen atoms in total. The highest BCUT2D eigenvalue weighted by Gasteiger charge is 2.06. The van der Waals surface area contributed by atoms with Crippen LogP contribution in [-0.4, -0.2) is 24.8 Å². The van der Waals surface area contributed by atoms with Gasteiger partial charge in [-0.25, -0.2) is 0 Å². The van der Waals surface area contributed by atoms with Gasteiger partial charge in [0.25, 0.3) is 10.1 Å². The Morgan fingerprint density at radius 1 is 1.58 bits per heavy atom. The summed E-state index contributed by atoms with van der Waals surface area (Å²) in [6, 6.07) is 0. The summed E-state index contributed by atoms with van der Waals surface area (Å²) in [5.41, 5.74) is 0. The molecular formula is C7H15O4S. The fraction of sp³-hybridized carbons (Fsp3) is 0.857. The second-order valence-corrected chi connectivity index (χ2v) is 4.18. The molecule has 0 bridgehead atoms. The Kier molecular flexibility index (Phi) is 5.44. The summed E-state index contributed by atoms with van der Waals surface area (Å²) in [5, 5.41) is 0. The van der Waals surface area contributed by atoms with Crippen molar-refractivity contribution < 1.29 is 17.7 Å². The van der Waals surface area contributed by atoms with Gasteiger partial charge in [0, 0.05) is 0 Å². The van der Waals surface area contributed by atoms with E-state index in [9.17, 15) is 8.42 Å². The lowest BCUT2D eigenvalue weighted by molar-refractivity contribution is 0.116. The van der Waals surface area contributed by atoms with E-state index >= 15 is 0 Å². The van der Waals surface area contributed by atoms with Gasteiger partial charge >= 0.3 is 0 Å². The normalized spacial score (nSPS) is 14.6. The molecule has 1 atom stereocenters. The minimum atomic E-state index is -3.80. The number of rotatable bonds is 6. The fourth-order valence-corrected chi connectivity index (χ4v) is 1.39. The van der Waals surface area contributed by atoms with Crippen LogP contribution in [0.1, 0.15) is 26.7 Å². The lowest BCUT2D eigenvalue weighted by atomic mass is 10.2. The van der Waals surface area contributed by atoms with Gasteiger partial charge in [0.2, 0.25) is 0 Å². The van der Waals surface area contributed by atoms with Crippen molar-refractivity contribution in [2.75, 3.05) is 5.75 Å². The van der Waals surface area contributed by atoms with Crippen molar-refractivity contribution in [1.29, 1.82) is 0 Å². The van der Waals surface area contributed by atoms with Crippen molar-refractivity contribution in [2.24, 2.45) is 0 Å². The van der Waals surface area contributed by atoms with Crippen LogP contribution in [0.2, 0.25) is 0 Å². The minimum Gasteiger partial charge on any atom is -0.373 e. The van der Waals surface area contributed by atoms with Crippen LogP contribution in [0, 0.1) is 6.61 Å². The van der Waals surface area contributed by atoms with Crippen LogP contribution in [0.15, 0.2) is 0 Å². The highest BCUT2D eigenvalue weighted by Crippen LogP contribution is 2.03. The van der Waals surface area contributed by atoms with Gasteiger partial charge in [-0.3, -0.25) is 4.55 Å². The van der Waals surface area contributed by atoms with Crippen LogP contribution >= 0.6 is 0 Å². The number of hydrogen-bond acceptors (Lipinski definition) is 3. The molecule has 1 radical (unpaired) electrons. The van der Waals surface area contributed by atoms with Gasteiger partial charge in [0.1, 0.15) is 0 Å². The van der Waals surface area contributed by atoms with Crippen LogP contribution in [0.5, 0.6) is 0 Å². The maximum atomic E-state index is 10.3. The van der Waals surface area contributed by atoms with E-state index in [0.717, 1.165) is 0 Å². The molecule has 0 fully saturated rings. The molecule has 0 aliphatic carbocycles. The van der Waals surface area contributed by atoms with E-state index in [1.54, 1.807) is 13.5 Å². The van der Waals surface area contributed by atoms with Crippen molar-refractivity contribution in [2.45, 2.75) is 32.8 Å². The van der Waals surface area contributed by atoms with Gasteiger partial charge in [0.15, 0.2) is 0 Å². The zero-order valence-corrected chi connectivity index (χ0v) is 8.17. The maximum absolute atomic E-state index is 10.3. The summed E-state index contributed by atoms with van der Waals surface area (Å²) in [6.07, 6.45) is 1.06. The highest BCUT2D eigenvalue weighted by atomic mass is 32.2. The maximum Gasteiger partial charge on any atom is 0.264 e. The standard InChI is InChI=1S/C7H15O4S/c1-3-11-7(2)5-4-6-12(8,9)10/h3,7H,4-6H2,1-2H3,(H,8,9,10). The molecule has 0 aromatic carbocycles. The Bertz CT molecular complexity index is 197. The third-order valence-corrected chi connectivity index (χ3v) is 2.19. The molecule has 0 aliphatic rings. The third kappa shape index (κ3) is 7.97. The van der Waals surface area contributed by atoms with E-state index in [0.29, 0.717) is 12.8 Å². The average molecular weight is 195 g/mol. The van der Waals surface area contributed by atoms with Gasteiger partial charge in [-0.15, -0.1) is 0 Å². The van der Waals surface area contributed by atoms with E-state index < -0.39 is 10.1 Å². The Labute approximate surface area is 73.7 Å². The summed E-state index contributed by atoms with van der Waals surface area (Å²) < 4.78 is 34.0. The molecule has 0 rings (SSSR count). The van der Waals surface area contributed by atoms with Crippen molar-refractivity contribution in [3.8, 4) is 0 Å². The Balaban J connectivity index is 3.44. The molecule has 0 aromatic rings. The molecule has 73 valence electrons. The van der Waals surface area contributed by atoms with Crippen molar-refractivity contribution in [3.63, 3.8) is 0 Å². The fourth-order valence-electron chi connectivity index (χ4n) is 0.854. The van der Waals surface area contributed by atoms with E-state index in [1.165, 1.54) is 0 Å². The van der Waals surface area contributed by atoms with Gasteiger partial charge in [-0.05, 0) is 26.7 Å². The van der Waals surface area contributed by atoms with Crippen molar-refractivity contribution in [1.82, 2.24) is 0 Å². The summed E-state index contributed by atoms with van der Waals surface area (Å²) in [5.74, 6) is -0.190. The first-order valence-electron chi connectivity index (χ1n) is 3.84. The predicted molar refractivity (Wildman–Crippen MR) is 46.2 cm³/mol. The first-order valence-corrected chi connectivity index (χ1v) is 5.45. The summed E-state index contributed by atoms with van der Waals surface area (Å²) >= 11 is 0. The lowest BCUT2D eigenvalue weighted by Gasteiger charge is -2.09. The molecule has 0 spiro atoms. The first-order chi connectivity index (χ1) is 5.45. The quantitative estimate of drug-likeness (QED) is 0.648. The average Bonchev–Trinajstić information content (AvgIpc) is 1.84. The van der Waals surface area contributed by atoms with Gasteiger partial charge in [-0.1, -0.05) is 0 Å². The van der Waals surface area contributed by atoms with E-state index in [-0.39, 0.29) is 11.9 Å². The molecule has 12 heavy (non-hydrogen) atoms. The Morgan fingerprint density at radius 3 is 2.58 bits per heavy atom. The molecule has 1 N–H and O–H groups in total. The first kappa shape index (κ1) is 11.9. The molecule has 0 saturated heterocycles. The minimum absolute atomic E-state index is 0.0109. The monoisotopic (exact) mass is 195 g/mol. The molecule has 0 aromatic heterocycles. The van der Waals surface area contributed by atoms with Crippen LogP contribution in [0.25, 0.3) is 0 Å². The van der Waals surface area contributed by atoms with Gasteiger partial charge in [0.05, 0.1) is 18.5 Å². The van der Waals surface area contributed by atoms with Gasteiger partial charge < -0.3 is 4.74 Å². The Morgan fingerprint density at radius 2 is 2.17 bits per heavy atom. The number of ether oxygens (including phenoxy) is 1. The van der Waals surface area contributed by atoms with E-state index in [4.69, 9.17) is 9.29 Å². The molecule has 0 saturated carbocycles. The topological polar surface area (TPSA) is 63.6 Å². The largest absolute Gasteiger partial charge is 0.373 e. The summed E-state index contributed by atoms with van der Waals surface area (Å²) in [7, 11) is -3.80. The van der Waals surface area contributed by atoms with Crippen LogP contribution in [-0.2, 0) is 14.9 Å². The van der Waals surface area contributed by atoms with Crippen molar-refractivity contribution in [3.05, 3.63) is 6.61 Å². The Hall–Kier alpha value is -0.130. The molecule has 0 heterocycles. The summed E-state index contributed by atoms with van der Waals surface area (Å²) in [4.78, 5) is 0. The second-order valence-electron chi connectivity index (χ2n) is 2.61.